The molecule has 7 nitrogen and oxygen atoms in total. The summed E-state index contributed by atoms with van der Waals surface area (Å²) in [7, 11) is 0. The van der Waals surface area contributed by atoms with E-state index >= 15 is 0 Å². The van der Waals surface area contributed by atoms with Gasteiger partial charge in [0.25, 0.3) is 0 Å². The fraction of sp³-hybridized carbons (Fsp3) is 0.217. The second-order valence-electron chi connectivity index (χ2n) is 7.91. The zero-order chi connectivity index (χ0) is 21.3. The van der Waals surface area contributed by atoms with Gasteiger partial charge in [-0.25, -0.2) is 9.80 Å². The lowest BCUT2D eigenvalue weighted by molar-refractivity contribution is -0.00431. The third-order valence-corrected chi connectivity index (χ3v) is 4.56. The van der Waals surface area contributed by atoms with Crippen LogP contribution in [-0.4, -0.2) is 33.6 Å². The van der Waals surface area contributed by atoms with Crippen molar-refractivity contribution in [1.82, 2.24) is 10.0 Å². The van der Waals surface area contributed by atoms with Gasteiger partial charge in [0.2, 0.25) is 0 Å². The van der Waals surface area contributed by atoms with Crippen molar-refractivity contribution >= 4 is 18.0 Å². The molecule has 0 N–H and O–H groups in total. The maximum Gasteiger partial charge on any atom is 0.433 e. The zero-order valence-electron chi connectivity index (χ0n) is 17.0. The first-order valence-electron chi connectivity index (χ1n) is 9.57. The molecule has 0 spiro atoms. The lowest BCUT2D eigenvalue weighted by Gasteiger charge is -2.36. The number of carbonyl (C=O) groups is 1. The third-order valence-electron chi connectivity index (χ3n) is 4.56. The van der Waals surface area contributed by atoms with E-state index in [9.17, 15) is 10.1 Å². The second kappa shape index (κ2) is 7.48. The van der Waals surface area contributed by atoms with Crippen LogP contribution in [0.15, 0.2) is 76.6 Å². The van der Waals surface area contributed by atoms with Crippen LogP contribution in [0.3, 0.4) is 0 Å². The Bertz CT molecular complexity index is 1110. The van der Waals surface area contributed by atoms with Gasteiger partial charge in [-0.3, -0.25) is 0 Å². The van der Waals surface area contributed by atoms with Crippen molar-refractivity contribution < 1.29 is 9.53 Å². The van der Waals surface area contributed by atoms with Crippen molar-refractivity contribution in [2.75, 3.05) is 0 Å². The molecule has 0 aromatic heterocycles. The molecule has 2 aromatic rings. The molecule has 0 radical (unpaired) electrons. The fourth-order valence-electron chi connectivity index (χ4n) is 3.29. The first kappa shape index (κ1) is 19.4. The SMILES string of the molecule is CC(C)(C)OC(=O)N1N=C(c2ccccc2)C=C(C#N)N2N=Cc3ccccc3C12. The summed E-state index contributed by atoms with van der Waals surface area (Å²) in [5, 5.41) is 21.7. The summed E-state index contributed by atoms with van der Waals surface area (Å²) in [4.78, 5) is 13.2. The van der Waals surface area contributed by atoms with Crippen LogP contribution < -0.4 is 0 Å². The summed E-state index contributed by atoms with van der Waals surface area (Å²) in [5.41, 5.74) is 2.47. The Hall–Kier alpha value is -3.92. The van der Waals surface area contributed by atoms with Gasteiger partial charge in [-0.15, -0.1) is 0 Å². The standard InChI is InChI=1S/C23H21N5O2/c1-23(2,3)30-22(29)28-21-19-12-8-7-11-17(19)15-25-27(21)18(14-24)13-20(26-28)16-9-5-4-6-10-16/h4-13,15,21H,1-3H3. The van der Waals surface area contributed by atoms with Gasteiger partial charge in [-0.2, -0.15) is 20.5 Å². The maximum absolute atomic E-state index is 13.2. The van der Waals surface area contributed by atoms with E-state index in [1.54, 1.807) is 33.1 Å². The Morgan fingerprint density at radius 3 is 2.50 bits per heavy atom. The smallest absolute Gasteiger partial charge is 0.433 e. The van der Waals surface area contributed by atoms with E-state index < -0.39 is 17.9 Å². The lowest BCUT2D eigenvalue weighted by Crippen LogP contribution is -2.43. The predicted octanol–water partition coefficient (Wildman–Crippen LogP) is 4.40. The first-order chi connectivity index (χ1) is 14.4. The van der Waals surface area contributed by atoms with Crippen molar-refractivity contribution in [2.45, 2.75) is 32.5 Å². The molecule has 30 heavy (non-hydrogen) atoms. The topological polar surface area (TPSA) is 81.3 Å². The largest absolute Gasteiger partial charge is 0.442 e. The number of ether oxygens (including phenoxy) is 1. The molecule has 1 unspecified atom stereocenters. The fourth-order valence-corrected chi connectivity index (χ4v) is 3.29. The van der Waals surface area contributed by atoms with Crippen LogP contribution in [-0.2, 0) is 4.74 Å². The van der Waals surface area contributed by atoms with Crippen LogP contribution in [0.2, 0.25) is 0 Å². The molecule has 1 atom stereocenters. The second-order valence-corrected chi connectivity index (χ2v) is 7.91. The van der Waals surface area contributed by atoms with Gasteiger partial charge in [0.1, 0.15) is 17.4 Å². The van der Waals surface area contributed by atoms with Crippen molar-refractivity contribution in [2.24, 2.45) is 10.2 Å². The number of allylic oxidation sites excluding steroid dienone is 2. The molecule has 0 bridgehead atoms. The summed E-state index contributed by atoms with van der Waals surface area (Å²) >= 11 is 0. The minimum absolute atomic E-state index is 0.277. The maximum atomic E-state index is 13.2. The number of hydrogen-bond donors (Lipinski definition) is 0. The van der Waals surface area contributed by atoms with Crippen molar-refractivity contribution in [1.29, 1.82) is 5.26 Å². The molecule has 2 heterocycles. The summed E-state index contributed by atoms with van der Waals surface area (Å²) in [6.45, 7) is 5.40. The minimum atomic E-state index is -0.742. The van der Waals surface area contributed by atoms with Gasteiger partial charge < -0.3 is 4.74 Å². The summed E-state index contributed by atoms with van der Waals surface area (Å²) < 4.78 is 5.65. The lowest BCUT2D eigenvalue weighted by atomic mass is 10.0. The Kier molecular flexibility index (Phi) is 4.84. The number of benzene rings is 2. The van der Waals surface area contributed by atoms with E-state index in [-0.39, 0.29) is 5.70 Å². The molecule has 150 valence electrons. The van der Waals surface area contributed by atoms with E-state index in [2.05, 4.69) is 16.3 Å². The quantitative estimate of drug-likeness (QED) is 0.712. The van der Waals surface area contributed by atoms with Crippen LogP contribution in [0.1, 0.15) is 43.6 Å². The van der Waals surface area contributed by atoms with Crippen LogP contribution in [0.5, 0.6) is 0 Å². The molecule has 0 aliphatic carbocycles. The van der Waals surface area contributed by atoms with E-state index in [0.29, 0.717) is 5.71 Å². The summed E-state index contributed by atoms with van der Waals surface area (Å²) in [5.74, 6) is 0. The molecule has 7 heteroatoms. The molecule has 4 rings (SSSR count). The highest BCUT2D eigenvalue weighted by molar-refractivity contribution is 6.09. The van der Waals surface area contributed by atoms with Gasteiger partial charge in [0.15, 0.2) is 6.17 Å². The van der Waals surface area contributed by atoms with E-state index in [1.807, 2.05) is 54.6 Å². The van der Waals surface area contributed by atoms with Crippen LogP contribution in [0, 0.1) is 11.3 Å². The monoisotopic (exact) mass is 399 g/mol. The third kappa shape index (κ3) is 3.67. The van der Waals surface area contributed by atoms with Gasteiger partial charge in [0, 0.05) is 22.8 Å². The number of fused-ring (bicyclic) bond motifs is 3. The average molecular weight is 399 g/mol. The van der Waals surface area contributed by atoms with E-state index in [4.69, 9.17) is 4.74 Å². The van der Waals surface area contributed by atoms with E-state index in [0.717, 1.165) is 16.7 Å². The molecule has 0 saturated carbocycles. The Balaban J connectivity index is 1.91. The highest BCUT2D eigenvalue weighted by Gasteiger charge is 2.39. The van der Waals surface area contributed by atoms with Gasteiger partial charge in [0.05, 0.1) is 11.9 Å². The van der Waals surface area contributed by atoms with E-state index in [1.165, 1.54) is 10.0 Å². The minimum Gasteiger partial charge on any atom is -0.442 e. The van der Waals surface area contributed by atoms with Crippen LogP contribution >= 0.6 is 0 Å². The molecular formula is C23H21N5O2. The number of amides is 1. The molecular weight excluding hydrogens is 378 g/mol. The molecule has 1 amide bonds. The van der Waals surface area contributed by atoms with Crippen molar-refractivity contribution in [3.63, 3.8) is 0 Å². The van der Waals surface area contributed by atoms with Gasteiger partial charge in [-0.05, 0) is 20.8 Å². The van der Waals surface area contributed by atoms with Crippen LogP contribution in [0.4, 0.5) is 4.79 Å². The van der Waals surface area contributed by atoms with Crippen LogP contribution in [0.25, 0.3) is 0 Å². The Morgan fingerprint density at radius 1 is 1.10 bits per heavy atom. The highest BCUT2D eigenvalue weighted by Crippen LogP contribution is 2.36. The average Bonchev–Trinajstić information content (AvgIpc) is 2.90. The summed E-state index contributed by atoms with van der Waals surface area (Å²) in [6.07, 6.45) is 1.95. The molecule has 2 aromatic carbocycles. The number of hydrogen-bond acceptors (Lipinski definition) is 6. The zero-order valence-corrected chi connectivity index (χ0v) is 17.0. The molecule has 2 aliphatic rings. The van der Waals surface area contributed by atoms with Gasteiger partial charge in [-0.1, -0.05) is 54.6 Å². The Morgan fingerprint density at radius 2 is 1.80 bits per heavy atom. The summed E-state index contributed by atoms with van der Waals surface area (Å²) in [6, 6.07) is 19.2. The molecule has 2 aliphatic heterocycles. The number of rotatable bonds is 1. The van der Waals surface area contributed by atoms with Gasteiger partial charge >= 0.3 is 6.09 Å². The normalized spacial score (nSPS) is 17.7. The first-order valence-corrected chi connectivity index (χ1v) is 9.57. The Labute approximate surface area is 175 Å². The number of nitrogens with zero attached hydrogens (tertiary/aromatic N) is 5. The van der Waals surface area contributed by atoms with Crippen molar-refractivity contribution in [3.8, 4) is 6.07 Å². The molecule has 0 saturated heterocycles. The highest BCUT2D eigenvalue weighted by atomic mass is 16.6. The number of nitriles is 1. The molecule has 0 fully saturated rings. The number of hydrazone groups is 2. The van der Waals surface area contributed by atoms with Crippen molar-refractivity contribution in [3.05, 3.63) is 83.1 Å². The predicted molar refractivity (Wildman–Crippen MR) is 113 cm³/mol. The number of carbonyl (C=O) groups excluding carboxylic acids is 1.